The van der Waals surface area contributed by atoms with Gasteiger partial charge in [-0.1, -0.05) is 0 Å². The molecule has 4 N–H and O–H groups in total. The Kier molecular flexibility index (Phi) is 3.01. The summed E-state index contributed by atoms with van der Waals surface area (Å²) in [5.74, 6) is -0.445. The van der Waals surface area contributed by atoms with E-state index in [1.54, 1.807) is 0 Å². The minimum atomic E-state index is -0.476. The number of anilines is 2. The number of halogens is 1. The van der Waals surface area contributed by atoms with Crippen LogP contribution in [0.15, 0.2) is 18.2 Å². The van der Waals surface area contributed by atoms with Gasteiger partial charge < -0.3 is 11.1 Å². The number of H-pyrrole nitrogens is 1. The highest BCUT2D eigenvalue weighted by Crippen LogP contribution is 2.18. The van der Waals surface area contributed by atoms with Crippen LogP contribution in [0.3, 0.4) is 0 Å². The van der Waals surface area contributed by atoms with Crippen molar-refractivity contribution >= 4 is 17.4 Å². The molecule has 18 heavy (non-hydrogen) atoms. The van der Waals surface area contributed by atoms with Gasteiger partial charge in [0.2, 0.25) is 0 Å². The third-order valence-electron chi connectivity index (χ3n) is 2.74. The number of aromatic amines is 1. The Balaban J connectivity index is 2.25. The topological polar surface area (TPSA) is 83.8 Å². The molecule has 6 heteroatoms. The Bertz CT molecular complexity index is 606. The summed E-state index contributed by atoms with van der Waals surface area (Å²) in [5.41, 5.74) is 7.63. The Hall–Kier alpha value is -2.37. The number of benzene rings is 1. The second-order valence-corrected chi connectivity index (χ2v) is 4.01. The summed E-state index contributed by atoms with van der Waals surface area (Å²) >= 11 is 0. The van der Waals surface area contributed by atoms with Crippen LogP contribution >= 0.6 is 0 Å². The van der Waals surface area contributed by atoms with Crippen LogP contribution in [-0.2, 0) is 0 Å². The number of hydrogen-bond donors (Lipinski definition) is 3. The number of aromatic nitrogens is 2. The van der Waals surface area contributed by atoms with Gasteiger partial charge in [0.05, 0.1) is 5.56 Å². The molecule has 5 nitrogen and oxygen atoms in total. The molecule has 2 rings (SSSR count). The van der Waals surface area contributed by atoms with Crippen LogP contribution in [0.4, 0.5) is 15.9 Å². The summed E-state index contributed by atoms with van der Waals surface area (Å²) in [5, 5.41) is 9.34. The van der Waals surface area contributed by atoms with Gasteiger partial charge in [0.15, 0.2) is 5.82 Å². The van der Waals surface area contributed by atoms with Gasteiger partial charge in [-0.05, 0) is 32.0 Å². The van der Waals surface area contributed by atoms with Gasteiger partial charge in [-0.15, -0.1) is 0 Å². The standard InChI is InChI=1S/C12H13FN4O/c1-6-7(2)16-17-11(6)15-12(18)9-4-3-8(13)5-10(9)14/h3-5H,14H2,1-2H3,(H2,15,16,17,18). The van der Waals surface area contributed by atoms with E-state index >= 15 is 0 Å². The van der Waals surface area contributed by atoms with E-state index in [1.165, 1.54) is 12.1 Å². The molecule has 0 unspecified atom stereocenters. The Morgan fingerprint density at radius 3 is 2.72 bits per heavy atom. The van der Waals surface area contributed by atoms with E-state index in [-0.39, 0.29) is 11.3 Å². The summed E-state index contributed by atoms with van der Waals surface area (Å²) in [6, 6.07) is 3.64. The van der Waals surface area contributed by atoms with E-state index in [4.69, 9.17) is 5.73 Å². The fourth-order valence-corrected chi connectivity index (χ4v) is 1.52. The number of amides is 1. The first-order valence-electron chi connectivity index (χ1n) is 5.37. The normalized spacial score (nSPS) is 10.4. The van der Waals surface area contributed by atoms with E-state index < -0.39 is 11.7 Å². The molecule has 0 spiro atoms. The zero-order valence-electron chi connectivity index (χ0n) is 10.0. The molecule has 0 atom stereocenters. The predicted octanol–water partition coefficient (Wildman–Crippen LogP) is 2.00. The Morgan fingerprint density at radius 1 is 1.44 bits per heavy atom. The molecule has 94 valence electrons. The number of carbonyl (C=O) groups excluding carboxylic acids is 1. The number of nitrogens with two attached hydrogens (primary N) is 1. The van der Waals surface area contributed by atoms with Crippen molar-refractivity contribution in [2.45, 2.75) is 13.8 Å². The maximum atomic E-state index is 12.9. The predicted molar refractivity (Wildman–Crippen MR) is 66.8 cm³/mol. The van der Waals surface area contributed by atoms with Crippen LogP contribution in [0, 0.1) is 19.7 Å². The molecular formula is C12H13FN4O. The summed E-state index contributed by atoms with van der Waals surface area (Å²) in [7, 11) is 0. The fraction of sp³-hybridized carbons (Fsp3) is 0.167. The van der Waals surface area contributed by atoms with Crippen LogP contribution in [0.2, 0.25) is 0 Å². The van der Waals surface area contributed by atoms with Crippen molar-refractivity contribution in [1.29, 1.82) is 0 Å². The first-order chi connectivity index (χ1) is 8.49. The molecule has 0 saturated heterocycles. The quantitative estimate of drug-likeness (QED) is 0.711. The monoisotopic (exact) mass is 248 g/mol. The first-order valence-corrected chi connectivity index (χ1v) is 5.37. The van der Waals surface area contributed by atoms with Crippen molar-refractivity contribution in [3.8, 4) is 0 Å². The lowest BCUT2D eigenvalue weighted by Crippen LogP contribution is -2.15. The van der Waals surface area contributed by atoms with E-state index in [0.717, 1.165) is 17.3 Å². The van der Waals surface area contributed by atoms with E-state index in [0.29, 0.717) is 5.82 Å². The molecule has 1 aromatic heterocycles. The molecule has 0 radical (unpaired) electrons. The molecule has 2 aromatic rings. The van der Waals surface area contributed by atoms with Crippen molar-refractivity contribution in [2.75, 3.05) is 11.1 Å². The number of carbonyl (C=O) groups is 1. The number of rotatable bonds is 2. The van der Waals surface area contributed by atoms with Gasteiger partial charge in [-0.25, -0.2) is 4.39 Å². The van der Waals surface area contributed by atoms with Gasteiger partial charge in [0.25, 0.3) is 5.91 Å². The molecule has 0 aliphatic heterocycles. The van der Waals surface area contributed by atoms with Gasteiger partial charge in [-0.3, -0.25) is 9.89 Å². The minimum Gasteiger partial charge on any atom is -0.398 e. The molecule has 0 fully saturated rings. The lowest BCUT2D eigenvalue weighted by Gasteiger charge is -2.06. The average molecular weight is 248 g/mol. The molecule has 1 heterocycles. The molecule has 0 aliphatic carbocycles. The van der Waals surface area contributed by atoms with E-state index in [9.17, 15) is 9.18 Å². The summed E-state index contributed by atoms with van der Waals surface area (Å²) in [4.78, 5) is 11.9. The maximum Gasteiger partial charge on any atom is 0.258 e. The van der Waals surface area contributed by atoms with Crippen molar-refractivity contribution in [3.63, 3.8) is 0 Å². The van der Waals surface area contributed by atoms with E-state index in [2.05, 4.69) is 15.5 Å². The van der Waals surface area contributed by atoms with Crippen molar-refractivity contribution in [3.05, 3.63) is 40.8 Å². The minimum absolute atomic E-state index is 0.0948. The number of nitrogens with one attached hydrogen (secondary N) is 2. The van der Waals surface area contributed by atoms with Gasteiger partial charge >= 0.3 is 0 Å². The smallest absolute Gasteiger partial charge is 0.258 e. The highest BCUT2D eigenvalue weighted by atomic mass is 19.1. The molecule has 0 saturated carbocycles. The number of nitrogen functional groups attached to an aromatic ring is 1. The number of hydrogen-bond acceptors (Lipinski definition) is 3. The fourth-order valence-electron chi connectivity index (χ4n) is 1.52. The molecule has 0 bridgehead atoms. The second kappa shape index (κ2) is 4.48. The third-order valence-corrected chi connectivity index (χ3v) is 2.74. The largest absolute Gasteiger partial charge is 0.398 e. The van der Waals surface area contributed by atoms with Crippen LogP contribution in [0.5, 0.6) is 0 Å². The lowest BCUT2D eigenvalue weighted by atomic mass is 10.1. The van der Waals surface area contributed by atoms with Crippen LogP contribution in [-0.4, -0.2) is 16.1 Å². The van der Waals surface area contributed by atoms with E-state index in [1.807, 2.05) is 13.8 Å². The highest BCUT2D eigenvalue weighted by Gasteiger charge is 2.14. The summed E-state index contributed by atoms with van der Waals surface area (Å²) in [6.07, 6.45) is 0. The zero-order valence-corrected chi connectivity index (χ0v) is 10.0. The third kappa shape index (κ3) is 2.17. The molecule has 1 amide bonds. The summed E-state index contributed by atoms with van der Waals surface area (Å²) < 4.78 is 12.9. The number of nitrogens with zero attached hydrogens (tertiary/aromatic N) is 1. The molecule has 1 aromatic carbocycles. The molecule has 0 aliphatic rings. The average Bonchev–Trinajstić information content (AvgIpc) is 2.61. The zero-order chi connectivity index (χ0) is 13.3. The lowest BCUT2D eigenvalue weighted by molar-refractivity contribution is 0.102. The van der Waals surface area contributed by atoms with Crippen LogP contribution in [0.25, 0.3) is 0 Å². The van der Waals surface area contributed by atoms with Gasteiger partial charge in [0.1, 0.15) is 5.82 Å². The van der Waals surface area contributed by atoms with Crippen LogP contribution in [0.1, 0.15) is 21.6 Å². The van der Waals surface area contributed by atoms with Crippen LogP contribution < -0.4 is 11.1 Å². The Labute approximate surface area is 103 Å². The van der Waals surface area contributed by atoms with Crippen molar-refractivity contribution in [2.24, 2.45) is 0 Å². The van der Waals surface area contributed by atoms with Gasteiger partial charge in [0, 0.05) is 16.9 Å². The molecular weight excluding hydrogens is 235 g/mol. The van der Waals surface area contributed by atoms with Crippen molar-refractivity contribution < 1.29 is 9.18 Å². The van der Waals surface area contributed by atoms with Crippen molar-refractivity contribution in [1.82, 2.24) is 10.2 Å². The first kappa shape index (κ1) is 12.1. The Morgan fingerprint density at radius 2 is 2.17 bits per heavy atom. The number of aryl methyl sites for hydroxylation is 1. The van der Waals surface area contributed by atoms with Gasteiger partial charge in [-0.2, -0.15) is 5.10 Å². The second-order valence-electron chi connectivity index (χ2n) is 4.01. The summed E-state index contributed by atoms with van der Waals surface area (Å²) in [6.45, 7) is 3.69. The SMILES string of the molecule is Cc1[nH]nc(NC(=O)c2ccc(F)cc2N)c1C. The highest BCUT2D eigenvalue weighted by molar-refractivity contribution is 6.07. The maximum absolute atomic E-state index is 12.9.